The van der Waals surface area contributed by atoms with Crippen molar-refractivity contribution in [3.05, 3.63) is 57.8 Å². The Hall–Kier alpha value is -1.88. The number of hydrogen-bond donors (Lipinski definition) is 1. The first-order chi connectivity index (χ1) is 9.56. The Labute approximate surface area is 124 Å². The largest absolute Gasteiger partial charge is 0.399 e. The summed E-state index contributed by atoms with van der Waals surface area (Å²) in [5, 5.41) is 0. The molecule has 2 aromatic carbocycles. The van der Waals surface area contributed by atoms with Gasteiger partial charge in [-0.05, 0) is 64.3 Å². The molecule has 3 rings (SSSR count). The molecule has 102 valence electrons. The Balaban J connectivity index is 1.97. The van der Waals surface area contributed by atoms with Gasteiger partial charge < -0.3 is 10.6 Å². The molecule has 0 aliphatic carbocycles. The van der Waals surface area contributed by atoms with Gasteiger partial charge in [0.2, 0.25) is 0 Å². The van der Waals surface area contributed by atoms with Crippen molar-refractivity contribution in [2.75, 3.05) is 17.2 Å². The average Bonchev–Trinajstić information content (AvgIpc) is 2.80. The molecule has 1 amide bonds. The molecule has 1 heterocycles. The highest BCUT2D eigenvalue weighted by atomic mass is 79.9. The Morgan fingerprint density at radius 1 is 1.25 bits per heavy atom. The SMILES string of the molecule is Nc1ccc2c(c1)CCN2C(=O)c1ccc(F)cc1Br. The molecule has 0 spiro atoms. The fraction of sp³-hybridized carbons (Fsp3) is 0.133. The van der Waals surface area contributed by atoms with Crippen LogP contribution in [0.1, 0.15) is 15.9 Å². The molecule has 3 nitrogen and oxygen atoms in total. The summed E-state index contributed by atoms with van der Waals surface area (Å²) in [5.41, 5.74) is 8.84. The van der Waals surface area contributed by atoms with E-state index in [-0.39, 0.29) is 11.7 Å². The zero-order valence-electron chi connectivity index (χ0n) is 10.6. The summed E-state index contributed by atoms with van der Waals surface area (Å²) in [6.07, 6.45) is 0.783. The third-order valence-electron chi connectivity index (χ3n) is 3.41. The highest BCUT2D eigenvalue weighted by Crippen LogP contribution is 2.32. The van der Waals surface area contributed by atoms with Gasteiger partial charge in [-0.1, -0.05) is 0 Å². The number of carbonyl (C=O) groups is 1. The van der Waals surface area contributed by atoms with Crippen LogP contribution in [0.15, 0.2) is 40.9 Å². The van der Waals surface area contributed by atoms with Gasteiger partial charge in [-0.25, -0.2) is 4.39 Å². The summed E-state index contributed by atoms with van der Waals surface area (Å²) >= 11 is 3.24. The Bertz CT molecular complexity index is 702. The maximum Gasteiger partial charge on any atom is 0.259 e. The van der Waals surface area contributed by atoms with E-state index in [0.29, 0.717) is 22.3 Å². The second kappa shape index (κ2) is 4.90. The molecule has 2 N–H and O–H groups in total. The molecule has 0 atom stereocenters. The molecule has 0 saturated heterocycles. The van der Waals surface area contributed by atoms with Crippen molar-refractivity contribution in [3.63, 3.8) is 0 Å². The molecule has 2 aromatic rings. The number of nitrogens with two attached hydrogens (primary N) is 1. The van der Waals surface area contributed by atoms with E-state index in [2.05, 4.69) is 15.9 Å². The van der Waals surface area contributed by atoms with Gasteiger partial charge in [0.15, 0.2) is 0 Å². The first-order valence-corrected chi connectivity index (χ1v) is 7.01. The summed E-state index contributed by atoms with van der Waals surface area (Å²) in [6.45, 7) is 0.613. The number of amides is 1. The lowest BCUT2D eigenvalue weighted by molar-refractivity contribution is 0.0988. The van der Waals surface area contributed by atoms with E-state index in [1.54, 1.807) is 11.0 Å². The summed E-state index contributed by atoms with van der Waals surface area (Å²) in [5.74, 6) is -0.511. The van der Waals surface area contributed by atoms with Crippen LogP contribution in [0.4, 0.5) is 15.8 Å². The smallest absolute Gasteiger partial charge is 0.259 e. The molecule has 20 heavy (non-hydrogen) atoms. The Morgan fingerprint density at radius 2 is 2.05 bits per heavy atom. The summed E-state index contributed by atoms with van der Waals surface area (Å²) in [7, 11) is 0. The Morgan fingerprint density at radius 3 is 2.80 bits per heavy atom. The highest BCUT2D eigenvalue weighted by Gasteiger charge is 2.26. The van der Waals surface area contributed by atoms with E-state index in [4.69, 9.17) is 5.73 Å². The molecule has 0 bridgehead atoms. The van der Waals surface area contributed by atoms with Gasteiger partial charge in [0, 0.05) is 22.4 Å². The van der Waals surface area contributed by atoms with Gasteiger partial charge in [-0.2, -0.15) is 0 Å². The fourth-order valence-electron chi connectivity index (χ4n) is 2.44. The first kappa shape index (κ1) is 13.1. The third kappa shape index (κ3) is 2.18. The minimum absolute atomic E-state index is 0.139. The molecule has 1 aliphatic heterocycles. The van der Waals surface area contributed by atoms with Crippen LogP contribution >= 0.6 is 15.9 Å². The summed E-state index contributed by atoms with van der Waals surface area (Å²) in [4.78, 5) is 14.3. The zero-order chi connectivity index (χ0) is 14.3. The van der Waals surface area contributed by atoms with Crippen molar-refractivity contribution in [3.8, 4) is 0 Å². The molecule has 5 heteroatoms. The second-order valence-corrected chi connectivity index (χ2v) is 5.57. The van der Waals surface area contributed by atoms with Gasteiger partial charge in [0.25, 0.3) is 5.91 Å². The Kier molecular flexibility index (Phi) is 3.22. The van der Waals surface area contributed by atoms with Gasteiger partial charge in [-0.3, -0.25) is 4.79 Å². The number of hydrogen-bond acceptors (Lipinski definition) is 2. The average molecular weight is 335 g/mol. The number of nitrogen functional groups attached to an aromatic ring is 1. The molecular weight excluding hydrogens is 323 g/mol. The standard InChI is InChI=1S/C15H12BrFN2O/c16-13-8-10(17)1-3-12(13)15(20)19-6-5-9-7-11(18)2-4-14(9)19/h1-4,7-8H,5-6,18H2. The molecule has 0 fully saturated rings. The van der Waals surface area contributed by atoms with Gasteiger partial charge in [0.05, 0.1) is 5.56 Å². The van der Waals surface area contributed by atoms with E-state index in [1.165, 1.54) is 18.2 Å². The van der Waals surface area contributed by atoms with Crippen LogP contribution in [-0.2, 0) is 6.42 Å². The molecule has 0 aromatic heterocycles. The van der Waals surface area contributed by atoms with Crippen molar-refractivity contribution in [2.45, 2.75) is 6.42 Å². The molecular formula is C15H12BrFN2O. The van der Waals surface area contributed by atoms with Crippen molar-refractivity contribution < 1.29 is 9.18 Å². The number of nitrogens with zero attached hydrogens (tertiary/aromatic N) is 1. The van der Waals surface area contributed by atoms with Crippen LogP contribution in [0.5, 0.6) is 0 Å². The number of benzene rings is 2. The van der Waals surface area contributed by atoms with Crippen molar-refractivity contribution in [1.29, 1.82) is 0 Å². The topological polar surface area (TPSA) is 46.3 Å². The van der Waals surface area contributed by atoms with Crippen molar-refractivity contribution in [1.82, 2.24) is 0 Å². The normalized spacial score (nSPS) is 13.4. The lowest BCUT2D eigenvalue weighted by Gasteiger charge is -2.18. The number of carbonyl (C=O) groups excluding carboxylic acids is 1. The van der Waals surface area contributed by atoms with Crippen LogP contribution in [0, 0.1) is 5.82 Å². The van der Waals surface area contributed by atoms with E-state index in [0.717, 1.165) is 17.7 Å². The monoisotopic (exact) mass is 334 g/mol. The minimum atomic E-state index is -0.372. The third-order valence-corrected chi connectivity index (χ3v) is 4.06. The van der Waals surface area contributed by atoms with E-state index >= 15 is 0 Å². The fourth-order valence-corrected chi connectivity index (χ4v) is 2.96. The molecule has 0 radical (unpaired) electrons. The predicted molar refractivity (Wildman–Crippen MR) is 80.3 cm³/mol. The van der Waals surface area contributed by atoms with Crippen molar-refractivity contribution >= 4 is 33.2 Å². The van der Waals surface area contributed by atoms with E-state index in [9.17, 15) is 9.18 Å². The summed E-state index contributed by atoms with van der Waals surface area (Å²) < 4.78 is 13.6. The van der Waals surface area contributed by atoms with E-state index in [1.807, 2.05) is 12.1 Å². The quantitative estimate of drug-likeness (QED) is 0.812. The number of fused-ring (bicyclic) bond motifs is 1. The first-order valence-electron chi connectivity index (χ1n) is 6.21. The number of anilines is 2. The predicted octanol–water partition coefficient (Wildman–Crippen LogP) is 3.37. The van der Waals surface area contributed by atoms with Crippen LogP contribution in [0.25, 0.3) is 0 Å². The van der Waals surface area contributed by atoms with Crippen molar-refractivity contribution in [2.24, 2.45) is 0 Å². The van der Waals surface area contributed by atoms with Crippen LogP contribution < -0.4 is 10.6 Å². The highest BCUT2D eigenvalue weighted by molar-refractivity contribution is 9.10. The molecule has 0 unspecified atom stereocenters. The second-order valence-electron chi connectivity index (χ2n) is 4.72. The number of halogens is 2. The molecule has 0 saturated carbocycles. The van der Waals surface area contributed by atoms with Crippen LogP contribution in [0.2, 0.25) is 0 Å². The lowest BCUT2D eigenvalue weighted by atomic mass is 10.1. The summed E-state index contributed by atoms with van der Waals surface area (Å²) in [6, 6.07) is 9.61. The van der Waals surface area contributed by atoms with E-state index < -0.39 is 0 Å². The lowest BCUT2D eigenvalue weighted by Crippen LogP contribution is -2.29. The molecule has 1 aliphatic rings. The zero-order valence-corrected chi connectivity index (χ0v) is 12.2. The number of rotatable bonds is 1. The van der Waals surface area contributed by atoms with Gasteiger partial charge >= 0.3 is 0 Å². The minimum Gasteiger partial charge on any atom is -0.399 e. The van der Waals surface area contributed by atoms with Gasteiger partial charge in [0.1, 0.15) is 5.82 Å². The van der Waals surface area contributed by atoms with Crippen LogP contribution in [-0.4, -0.2) is 12.5 Å². The van der Waals surface area contributed by atoms with Gasteiger partial charge in [-0.15, -0.1) is 0 Å². The maximum atomic E-state index is 13.1. The van der Waals surface area contributed by atoms with Crippen LogP contribution in [0.3, 0.4) is 0 Å². The maximum absolute atomic E-state index is 13.1.